The summed E-state index contributed by atoms with van der Waals surface area (Å²) >= 11 is 0. The number of hydrogen-bond acceptors (Lipinski definition) is 3. The molecular formula is C12H19F3O3. The summed E-state index contributed by atoms with van der Waals surface area (Å²) in [6.45, 7) is 2.94. The molecule has 3 atom stereocenters. The Bertz CT molecular complexity index is 299. The summed E-state index contributed by atoms with van der Waals surface area (Å²) in [4.78, 5) is 11.6. The number of aliphatic hydroxyl groups is 1. The lowest BCUT2D eigenvalue weighted by atomic mass is 9.73. The van der Waals surface area contributed by atoms with E-state index in [1.54, 1.807) is 6.92 Å². The first-order valence-electron chi connectivity index (χ1n) is 6.15. The van der Waals surface area contributed by atoms with Gasteiger partial charge in [-0.3, -0.25) is 0 Å². The van der Waals surface area contributed by atoms with E-state index < -0.39 is 29.6 Å². The van der Waals surface area contributed by atoms with E-state index in [4.69, 9.17) is 4.74 Å². The summed E-state index contributed by atoms with van der Waals surface area (Å²) in [5, 5.41) is 10.1. The molecule has 0 amide bonds. The maximum absolute atomic E-state index is 12.7. The van der Waals surface area contributed by atoms with E-state index in [1.165, 1.54) is 6.92 Å². The fourth-order valence-corrected chi connectivity index (χ4v) is 2.44. The Morgan fingerprint density at radius 1 is 1.33 bits per heavy atom. The Morgan fingerprint density at radius 2 is 1.89 bits per heavy atom. The van der Waals surface area contributed by atoms with Gasteiger partial charge in [0, 0.05) is 0 Å². The van der Waals surface area contributed by atoms with E-state index >= 15 is 0 Å². The minimum absolute atomic E-state index is 0.0684. The minimum Gasteiger partial charge on any atom is -0.464 e. The van der Waals surface area contributed by atoms with E-state index in [0.717, 1.165) is 0 Å². The lowest BCUT2D eigenvalue weighted by molar-refractivity contribution is -0.198. The topological polar surface area (TPSA) is 46.5 Å². The first kappa shape index (κ1) is 15.3. The summed E-state index contributed by atoms with van der Waals surface area (Å²) < 4.78 is 42.7. The van der Waals surface area contributed by atoms with Crippen molar-refractivity contribution in [3.63, 3.8) is 0 Å². The van der Waals surface area contributed by atoms with E-state index in [-0.39, 0.29) is 19.4 Å². The number of esters is 1. The molecule has 0 saturated heterocycles. The Labute approximate surface area is 104 Å². The van der Waals surface area contributed by atoms with Gasteiger partial charge >= 0.3 is 12.1 Å². The second-order valence-corrected chi connectivity index (χ2v) is 4.97. The van der Waals surface area contributed by atoms with Crippen molar-refractivity contribution in [3.8, 4) is 0 Å². The molecule has 1 N–H and O–H groups in total. The lowest BCUT2D eigenvalue weighted by Gasteiger charge is -2.37. The molecule has 1 aliphatic carbocycles. The van der Waals surface area contributed by atoms with Crippen molar-refractivity contribution in [1.82, 2.24) is 0 Å². The molecule has 6 heteroatoms. The third kappa shape index (κ3) is 3.37. The predicted molar refractivity (Wildman–Crippen MR) is 58.8 cm³/mol. The highest BCUT2D eigenvalue weighted by Gasteiger charge is 2.49. The maximum Gasteiger partial charge on any atom is 0.391 e. The van der Waals surface area contributed by atoms with E-state index in [1.807, 2.05) is 0 Å². The summed E-state index contributed by atoms with van der Waals surface area (Å²) in [5.41, 5.74) is -1.83. The van der Waals surface area contributed by atoms with Crippen LogP contribution in [0.2, 0.25) is 0 Å². The van der Waals surface area contributed by atoms with Crippen LogP contribution in [0.1, 0.15) is 39.5 Å². The van der Waals surface area contributed by atoms with Crippen LogP contribution in [0, 0.1) is 11.8 Å². The van der Waals surface area contributed by atoms with Crippen LogP contribution in [0.3, 0.4) is 0 Å². The zero-order valence-corrected chi connectivity index (χ0v) is 10.6. The van der Waals surface area contributed by atoms with Crippen LogP contribution in [0.25, 0.3) is 0 Å². The van der Waals surface area contributed by atoms with Crippen molar-refractivity contribution >= 4 is 5.97 Å². The van der Waals surface area contributed by atoms with E-state index in [0.29, 0.717) is 12.8 Å². The van der Waals surface area contributed by atoms with Crippen molar-refractivity contribution in [2.24, 2.45) is 11.8 Å². The van der Waals surface area contributed by atoms with Gasteiger partial charge in [-0.25, -0.2) is 4.79 Å². The van der Waals surface area contributed by atoms with Crippen molar-refractivity contribution in [2.45, 2.75) is 51.3 Å². The second-order valence-electron chi connectivity index (χ2n) is 4.97. The first-order valence-corrected chi connectivity index (χ1v) is 6.15. The van der Waals surface area contributed by atoms with E-state index in [9.17, 15) is 23.1 Å². The van der Waals surface area contributed by atoms with Crippen LogP contribution in [0.4, 0.5) is 13.2 Å². The molecule has 1 rings (SSSR count). The van der Waals surface area contributed by atoms with E-state index in [2.05, 4.69) is 0 Å². The van der Waals surface area contributed by atoms with Gasteiger partial charge in [-0.15, -0.1) is 0 Å². The zero-order valence-electron chi connectivity index (χ0n) is 10.6. The molecule has 0 bridgehead atoms. The molecule has 1 aliphatic rings. The normalized spacial score (nSPS) is 28.6. The molecule has 106 valence electrons. The molecule has 3 unspecified atom stereocenters. The third-order valence-corrected chi connectivity index (χ3v) is 3.62. The monoisotopic (exact) mass is 268 g/mol. The average molecular weight is 268 g/mol. The lowest BCUT2D eigenvalue weighted by Crippen LogP contribution is -2.47. The van der Waals surface area contributed by atoms with Crippen LogP contribution in [0.5, 0.6) is 0 Å². The molecule has 0 aromatic heterocycles. The molecule has 0 aliphatic heterocycles. The molecule has 0 aromatic carbocycles. The number of rotatable bonds is 3. The van der Waals surface area contributed by atoms with Gasteiger partial charge in [0.2, 0.25) is 0 Å². The van der Waals surface area contributed by atoms with Gasteiger partial charge in [-0.05, 0) is 39.0 Å². The van der Waals surface area contributed by atoms with Crippen LogP contribution in [0.15, 0.2) is 0 Å². The predicted octanol–water partition coefficient (Wildman–Crippen LogP) is 2.67. The van der Waals surface area contributed by atoms with Gasteiger partial charge in [0.1, 0.15) is 0 Å². The highest BCUT2D eigenvalue weighted by molar-refractivity contribution is 5.79. The van der Waals surface area contributed by atoms with Crippen molar-refractivity contribution in [2.75, 3.05) is 6.61 Å². The smallest absolute Gasteiger partial charge is 0.391 e. The fraction of sp³-hybridized carbons (Fsp3) is 0.917. The largest absolute Gasteiger partial charge is 0.464 e. The minimum atomic E-state index is -4.26. The summed E-state index contributed by atoms with van der Waals surface area (Å²) in [5.74, 6) is -2.97. The highest BCUT2D eigenvalue weighted by atomic mass is 19.4. The molecule has 18 heavy (non-hydrogen) atoms. The Kier molecular flexibility index (Phi) is 4.64. The average Bonchev–Trinajstić information content (AvgIpc) is 2.28. The number of carbonyl (C=O) groups excluding carboxylic acids is 1. The van der Waals surface area contributed by atoms with Gasteiger partial charge in [-0.2, -0.15) is 13.2 Å². The third-order valence-electron chi connectivity index (χ3n) is 3.62. The standard InChI is InChI=1S/C12H19F3O3/c1-3-18-10(16)11(2,17)8-5-4-6-9(7-8)12(13,14)15/h8-9,17H,3-7H2,1-2H3. The van der Waals surface area contributed by atoms with Gasteiger partial charge in [0.15, 0.2) is 5.60 Å². The maximum atomic E-state index is 12.7. The fourth-order valence-electron chi connectivity index (χ4n) is 2.44. The van der Waals surface area contributed by atoms with Crippen molar-refractivity contribution < 1.29 is 27.8 Å². The second kappa shape index (κ2) is 5.47. The Balaban J connectivity index is 2.74. The van der Waals surface area contributed by atoms with Gasteiger partial charge in [-0.1, -0.05) is 6.42 Å². The van der Waals surface area contributed by atoms with Crippen molar-refractivity contribution in [3.05, 3.63) is 0 Å². The number of alkyl halides is 3. The first-order chi connectivity index (χ1) is 8.19. The van der Waals surface area contributed by atoms with Crippen molar-refractivity contribution in [1.29, 1.82) is 0 Å². The molecule has 0 radical (unpaired) electrons. The quantitative estimate of drug-likeness (QED) is 0.800. The zero-order chi connectivity index (χ0) is 14.0. The van der Waals surface area contributed by atoms with Crippen LogP contribution >= 0.6 is 0 Å². The SMILES string of the molecule is CCOC(=O)C(C)(O)C1CCCC(C(F)(F)F)C1. The number of carbonyl (C=O) groups is 1. The van der Waals surface area contributed by atoms with Crippen LogP contribution < -0.4 is 0 Å². The van der Waals surface area contributed by atoms with Gasteiger partial charge < -0.3 is 9.84 Å². The Morgan fingerprint density at radius 3 is 2.39 bits per heavy atom. The molecule has 1 fully saturated rings. The van der Waals surface area contributed by atoms with Crippen LogP contribution in [-0.4, -0.2) is 29.5 Å². The number of ether oxygens (including phenoxy) is 1. The Hall–Kier alpha value is -0.780. The number of halogens is 3. The molecule has 0 heterocycles. The molecule has 1 saturated carbocycles. The van der Waals surface area contributed by atoms with Gasteiger partial charge in [0.25, 0.3) is 0 Å². The molecule has 0 spiro atoms. The summed E-state index contributed by atoms with van der Waals surface area (Å²) in [6.07, 6.45) is -3.62. The summed E-state index contributed by atoms with van der Waals surface area (Å²) in [6, 6.07) is 0. The number of hydrogen-bond donors (Lipinski definition) is 1. The molecule has 0 aromatic rings. The molecular weight excluding hydrogens is 249 g/mol. The molecule has 3 nitrogen and oxygen atoms in total. The highest BCUT2D eigenvalue weighted by Crippen LogP contribution is 2.43. The van der Waals surface area contributed by atoms with Crippen LogP contribution in [-0.2, 0) is 9.53 Å². The summed E-state index contributed by atoms with van der Waals surface area (Å²) in [7, 11) is 0. The van der Waals surface area contributed by atoms with Gasteiger partial charge in [0.05, 0.1) is 12.5 Å².